The Balaban J connectivity index is 1.35. The molecule has 5 N–H and O–H groups in total. The third kappa shape index (κ3) is 12.4. The van der Waals surface area contributed by atoms with Gasteiger partial charge in [-0.2, -0.15) is 18.4 Å². The lowest BCUT2D eigenvalue weighted by Crippen LogP contribution is -2.31. The Labute approximate surface area is 351 Å². The summed E-state index contributed by atoms with van der Waals surface area (Å²) in [5, 5.41) is 43.8. The zero-order valence-corrected chi connectivity index (χ0v) is 34.0. The molecule has 2 atom stereocenters. The molecule has 0 unspecified atom stereocenters. The number of pyridine rings is 1. The molecule has 0 bridgehead atoms. The summed E-state index contributed by atoms with van der Waals surface area (Å²) < 4.78 is 60.9. The number of alkyl halides is 3. The van der Waals surface area contributed by atoms with Gasteiger partial charge in [-0.15, -0.1) is 0 Å². The molecule has 60 heavy (non-hydrogen) atoms. The number of nitrogens with zero attached hydrogens (tertiary/aromatic N) is 2. The van der Waals surface area contributed by atoms with Gasteiger partial charge in [-0.25, -0.2) is 0 Å². The summed E-state index contributed by atoms with van der Waals surface area (Å²) in [5.41, 5.74) is 6.08. The van der Waals surface area contributed by atoms with Crippen molar-refractivity contribution in [3.8, 4) is 45.6 Å². The van der Waals surface area contributed by atoms with Crippen molar-refractivity contribution < 1.29 is 47.5 Å². The van der Waals surface area contributed by atoms with Crippen molar-refractivity contribution in [1.82, 2.24) is 15.6 Å². The van der Waals surface area contributed by atoms with Crippen LogP contribution < -0.4 is 24.8 Å². The molecule has 0 spiro atoms. The van der Waals surface area contributed by atoms with E-state index in [-0.39, 0.29) is 38.7 Å². The van der Waals surface area contributed by atoms with E-state index in [1.807, 2.05) is 38.1 Å². The van der Waals surface area contributed by atoms with Gasteiger partial charge >= 0.3 is 12.1 Å². The lowest BCUT2D eigenvalue weighted by molar-refractivity contribution is -0.139. The van der Waals surface area contributed by atoms with Crippen molar-refractivity contribution >= 4 is 17.6 Å². The highest BCUT2D eigenvalue weighted by Gasteiger charge is 2.35. The summed E-state index contributed by atoms with van der Waals surface area (Å²) in [6.07, 6.45) is -3.78. The predicted octanol–water partition coefficient (Wildman–Crippen LogP) is 8.01. The van der Waals surface area contributed by atoms with Crippen LogP contribution in [0.2, 0.25) is 5.02 Å². The topological polar surface area (TPSA) is 166 Å². The highest BCUT2D eigenvalue weighted by molar-refractivity contribution is 6.32. The number of nitriles is 1. The largest absolute Gasteiger partial charge is 0.492 e. The molecule has 0 saturated carbocycles. The molecule has 0 aliphatic carbocycles. The summed E-state index contributed by atoms with van der Waals surface area (Å²) in [5.74, 6) is -0.646. The standard InChI is InChI=1S/C45H46ClF3N4O7/c1-27(54)20-52-23-34-16-40(46)43(18-42(34)59-25-31-14-30(19-50)21-53-22-31)60-26-33-6-4-8-37(28(33)2)38-9-5-7-36(29(38)3)32-10-11-41(39(15-32)45(47,48)49)58-13-12-51-24-35(55)17-44(56)57/h4-11,14-16,18,21-22,27,35,51-52,54-55H,12-13,17,20,23-26H2,1-3H3,(H,56,57)/t27-,35-/m0/s1. The Morgan fingerprint density at radius 2 is 1.57 bits per heavy atom. The normalized spacial score (nSPS) is 12.4. The SMILES string of the molecule is Cc1c(COc2cc(OCc3cncc(C#N)c3)c(CNC[C@H](C)O)cc2Cl)cccc1-c1cccc(-c2ccc(OCCNC[C@@H](O)CC(=O)O)c(C(F)(F)F)c2)c1C. The van der Waals surface area contributed by atoms with Gasteiger partial charge in [0.05, 0.1) is 34.8 Å². The molecule has 316 valence electrons. The number of hydrogen-bond donors (Lipinski definition) is 5. The summed E-state index contributed by atoms with van der Waals surface area (Å²) in [6.45, 7) is 6.38. The molecule has 0 amide bonds. The van der Waals surface area contributed by atoms with Gasteiger partial charge in [0.15, 0.2) is 0 Å². The maximum atomic E-state index is 14.3. The predicted molar refractivity (Wildman–Crippen MR) is 221 cm³/mol. The molecule has 5 rings (SSSR count). The van der Waals surface area contributed by atoms with Crippen molar-refractivity contribution in [3.63, 3.8) is 0 Å². The number of aliphatic hydroxyl groups excluding tert-OH is 2. The maximum absolute atomic E-state index is 14.3. The van der Waals surface area contributed by atoms with E-state index in [2.05, 4.69) is 21.7 Å². The number of aliphatic hydroxyl groups is 2. The summed E-state index contributed by atoms with van der Waals surface area (Å²) in [7, 11) is 0. The van der Waals surface area contributed by atoms with E-state index in [9.17, 15) is 33.4 Å². The zero-order chi connectivity index (χ0) is 43.4. The number of nitrogens with one attached hydrogen (secondary N) is 2. The van der Waals surface area contributed by atoms with Gasteiger partial charge < -0.3 is 40.2 Å². The lowest BCUT2D eigenvalue weighted by atomic mass is 9.89. The fraction of sp³-hybridized carbons (Fsp3) is 0.311. The number of carbonyl (C=O) groups is 1. The molecule has 0 aliphatic heterocycles. The third-order valence-corrected chi connectivity index (χ3v) is 9.86. The Kier molecular flexibility index (Phi) is 15.9. The number of aromatic nitrogens is 1. The van der Waals surface area contributed by atoms with Gasteiger partial charge in [-0.3, -0.25) is 9.78 Å². The number of carboxylic acids is 1. The van der Waals surface area contributed by atoms with Crippen LogP contribution in [0, 0.1) is 25.2 Å². The van der Waals surface area contributed by atoms with E-state index in [1.54, 1.807) is 49.5 Å². The Morgan fingerprint density at radius 3 is 2.28 bits per heavy atom. The molecule has 0 saturated heterocycles. The highest BCUT2D eigenvalue weighted by atomic mass is 35.5. The summed E-state index contributed by atoms with van der Waals surface area (Å²) in [6, 6.07) is 22.4. The number of hydrogen-bond acceptors (Lipinski definition) is 10. The highest BCUT2D eigenvalue weighted by Crippen LogP contribution is 2.41. The molecule has 0 fully saturated rings. The van der Waals surface area contributed by atoms with E-state index < -0.39 is 36.3 Å². The first-order chi connectivity index (χ1) is 28.6. The average molecular weight is 847 g/mol. The van der Waals surface area contributed by atoms with Crippen molar-refractivity contribution in [3.05, 3.63) is 129 Å². The van der Waals surface area contributed by atoms with Gasteiger partial charge in [0.2, 0.25) is 0 Å². The fourth-order valence-electron chi connectivity index (χ4n) is 6.51. The number of ether oxygens (including phenoxy) is 3. The molecular weight excluding hydrogens is 801 g/mol. The first kappa shape index (κ1) is 45.4. The van der Waals surface area contributed by atoms with Gasteiger partial charge in [0.25, 0.3) is 0 Å². The van der Waals surface area contributed by atoms with Crippen LogP contribution in [0.3, 0.4) is 0 Å². The number of aliphatic carboxylic acids is 1. The summed E-state index contributed by atoms with van der Waals surface area (Å²) in [4.78, 5) is 14.8. The van der Waals surface area contributed by atoms with Crippen LogP contribution in [0.15, 0.2) is 85.2 Å². The van der Waals surface area contributed by atoms with E-state index in [0.717, 1.165) is 39.4 Å². The Hall–Kier alpha value is -5.69. The first-order valence-corrected chi connectivity index (χ1v) is 19.5. The minimum absolute atomic E-state index is 0.0458. The summed E-state index contributed by atoms with van der Waals surface area (Å²) >= 11 is 6.73. The molecule has 15 heteroatoms. The van der Waals surface area contributed by atoms with Crippen LogP contribution in [0.5, 0.6) is 17.2 Å². The molecule has 11 nitrogen and oxygen atoms in total. The van der Waals surface area contributed by atoms with Crippen LogP contribution in [0.1, 0.15) is 52.3 Å². The molecule has 4 aromatic carbocycles. The minimum Gasteiger partial charge on any atom is -0.492 e. The first-order valence-electron chi connectivity index (χ1n) is 19.1. The van der Waals surface area contributed by atoms with Gasteiger partial charge in [-0.1, -0.05) is 54.1 Å². The van der Waals surface area contributed by atoms with Gasteiger partial charge in [0.1, 0.15) is 43.1 Å². The van der Waals surface area contributed by atoms with Gasteiger partial charge in [-0.05, 0) is 84.0 Å². The van der Waals surface area contributed by atoms with Crippen molar-refractivity contribution in [1.29, 1.82) is 5.26 Å². The van der Waals surface area contributed by atoms with Gasteiger partial charge in [0, 0.05) is 55.8 Å². The van der Waals surface area contributed by atoms with E-state index in [1.165, 1.54) is 12.3 Å². The Morgan fingerprint density at radius 1 is 0.850 bits per heavy atom. The van der Waals surface area contributed by atoms with Crippen LogP contribution in [0.25, 0.3) is 22.3 Å². The molecule has 0 aliphatic rings. The van der Waals surface area contributed by atoms with Crippen molar-refractivity contribution in [2.45, 2.75) is 65.3 Å². The van der Waals surface area contributed by atoms with E-state index in [0.29, 0.717) is 51.9 Å². The van der Waals surface area contributed by atoms with Crippen LogP contribution in [-0.4, -0.2) is 64.7 Å². The van der Waals surface area contributed by atoms with Crippen molar-refractivity contribution in [2.75, 3.05) is 26.2 Å². The zero-order valence-electron chi connectivity index (χ0n) is 33.3. The number of benzene rings is 4. The Bertz CT molecular complexity index is 2320. The second-order valence-electron chi connectivity index (χ2n) is 14.2. The van der Waals surface area contributed by atoms with E-state index >= 15 is 0 Å². The molecular formula is C45H46ClF3N4O7. The molecule has 1 heterocycles. The second kappa shape index (κ2) is 21.0. The lowest BCUT2D eigenvalue weighted by Gasteiger charge is -2.19. The average Bonchev–Trinajstić information content (AvgIpc) is 3.20. The van der Waals surface area contributed by atoms with E-state index in [4.69, 9.17) is 30.9 Å². The molecule has 1 aromatic heterocycles. The molecule has 0 radical (unpaired) electrons. The quantitative estimate of drug-likeness (QED) is 0.0482. The number of rotatable bonds is 20. The number of carboxylic acid groups (broad SMARTS) is 1. The maximum Gasteiger partial charge on any atom is 0.419 e. The monoisotopic (exact) mass is 846 g/mol. The second-order valence-corrected chi connectivity index (χ2v) is 14.6. The van der Waals surface area contributed by atoms with Crippen LogP contribution in [-0.2, 0) is 30.7 Å². The smallest absolute Gasteiger partial charge is 0.419 e. The minimum atomic E-state index is -4.71. The molecule has 5 aromatic rings. The third-order valence-electron chi connectivity index (χ3n) is 9.56. The van der Waals surface area contributed by atoms with Crippen molar-refractivity contribution in [2.24, 2.45) is 0 Å². The van der Waals surface area contributed by atoms with Crippen LogP contribution >= 0.6 is 11.6 Å². The van der Waals surface area contributed by atoms with Crippen LogP contribution in [0.4, 0.5) is 13.2 Å². The number of halogens is 4. The fourth-order valence-corrected chi connectivity index (χ4v) is 6.75.